The highest BCUT2D eigenvalue weighted by Crippen LogP contribution is 2.30. The fraction of sp³-hybridized carbons (Fsp3) is 0.294. The van der Waals surface area contributed by atoms with Gasteiger partial charge >= 0.3 is 0 Å². The standard InChI is InChI=1S/C17H19BrO3/c1-12-10-13(2)17(14(18)11-12)21-9-8-20-16-7-5-4-6-15(16)19-3/h4-7,10-11H,8-9H2,1-3H3. The van der Waals surface area contributed by atoms with E-state index in [4.69, 9.17) is 14.2 Å². The number of halogens is 1. The summed E-state index contributed by atoms with van der Waals surface area (Å²) in [5.41, 5.74) is 2.32. The van der Waals surface area contributed by atoms with Crippen molar-refractivity contribution in [2.45, 2.75) is 13.8 Å². The number of rotatable bonds is 6. The van der Waals surface area contributed by atoms with Gasteiger partial charge in [-0.15, -0.1) is 0 Å². The van der Waals surface area contributed by atoms with E-state index in [1.165, 1.54) is 5.56 Å². The van der Waals surface area contributed by atoms with E-state index in [1.807, 2.05) is 37.3 Å². The molecule has 0 aromatic heterocycles. The first-order valence-electron chi connectivity index (χ1n) is 6.77. The zero-order valence-electron chi connectivity index (χ0n) is 12.5. The molecule has 0 atom stereocenters. The van der Waals surface area contributed by atoms with Crippen LogP contribution in [-0.4, -0.2) is 20.3 Å². The Morgan fingerprint density at radius 1 is 0.952 bits per heavy atom. The summed E-state index contributed by atoms with van der Waals surface area (Å²) in [5, 5.41) is 0. The number of hydrogen-bond acceptors (Lipinski definition) is 3. The van der Waals surface area contributed by atoms with Crippen LogP contribution in [0, 0.1) is 13.8 Å². The molecular weight excluding hydrogens is 332 g/mol. The molecule has 0 saturated heterocycles. The quantitative estimate of drug-likeness (QED) is 0.716. The normalized spacial score (nSPS) is 10.3. The van der Waals surface area contributed by atoms with Gasteiger partial charge in [0, 0.05) is 0 Å². The Morgan fingerprint density at radius 3 is 2.29 bits per heavy atom. The number of ether oxygens (including phenoxy) is 3. The van der Waals surface area contributed by atoms with E-state index in [0.29, 0.717) is 13.2 Å². The SMILES string of the molecule is COc1ccccc1OCCOc1c(C)cc(C)cc1Br. The van der Waals surface area contributed by atoms with Gasteiger partial charge in [0.1, 0.15) is 19.0 Å². The van der Waals surface area contributed by atoms with Gasteiger partial charge in [0.05, 0.1) is 11.6 Å². The molecule has 0 N–H and O–H groups in total. The lowest BCUT2D eigenvalue weighted by atomic mass is 10.1. The van der Waals surface area contributed by atoms with Crippen molar-refractivity contribution in [2.24, 2.45) is 0 Å². The number of benzene rings is 2. The Hall–Kier alpha value is -1.68. The Labute approximate surface area is 134 Å². The first-order chi connectivity index (χ1) is 10.1. The van der Waals surface area contributed by atoms with E-state index in [1.54, 1.807) is 7.11 Å². The number of hydrogen-bond donors (Lipinski definition) is 0. The summed E-state index contributed by atoms with van der Waals surface area (Å²) < 4.78 is 17.7. The van der Waals surface area contributed by atoms with Crippen molar-refractivity contribution in [3.63, 3.8) is 0 Å². The van der Waals surface area contributed by atoms with E-state index < -0.39 is 0 Å². The molecule has 0 saturated carbocycles. The predicted octanol–water partition coefficient (Wildman–Crippen LogP) is 4.53. The van der Waals surface area contributed by atoms with Crippen molar-refractivity contribution >= 4 is 15.9 Å². The molecule has 0 aliphatic rings. The minimum absolute atomic E-state index is 0.458. The minimum Gasteiger partial charge on any atom is -0.493 e. The van der Waals surface area contributed by atoms with E-state index in [-0.39, 0.29) is 0 Å². The molecule has 0 unspecified atom stereocenters. The molecule has 3 nitrogen and oxygen atoms in total. The second kappa shape index (κ2) is 7.36. The molecule has 0 radical (unpaired) electrons. The molecule has 0 bridgehead atoms. The first kappa shape index (κ1) is 15.7. The maximum atomic E-state index is 5.81. The summed E-state index contributed by atoms with van der Waals surface area (Å²) in [7, 11) is 1.63. The fourth-order valence-electron chi connectivity index (χ4n) is 2.12. The van der Waals surface area contributed by atoms with E-state index in [2.05, 4.69) is 28.9 Å². The lowest BCUT2D eigenvalue weighted by Gasteiger charge is -2.14. The average molecular weight is 351 g/mol. The molecule has 0 aliphatic heterocycles. The van der Waals surface area contributed by atoms with Gasteiger partial charge in [-0.05, 0) is 59.1 Å². The Morgan fingerprint density at radius 2 is 1.62 bits per heavy atom. The minimum atomic E-state index is 0.458. The summed E-state index contributed by atoms with van der Waals surface area (Å²) >= 11 is 3.53. The van der Waals surface area contributed by atoms with Crippen LogP contribution in [0.3, 0.4) is 0 Å². The Kier molecular flexibility index (Phi) is 5.51. The number of aryl methyl sites for hydroxylation is 2. The largest absolute Gasteiger partial charge is 0.493 e. The van der Waals surface area contributed by atoms with Crippen molar-refractivity contribution in [2.75, 3.05) is 20.3 Å². The van der Waals surface area contributed by atoms with E-state index >= 15 is 0 Å². The second-order valence-electron chi connectivity index (χ2n) is 4.74. The maximum absolute atomic E-state index is 5.81. The molecule has 0 fully saturated rings. The van der Waals surface area contributed by atoms with Gasteiger partial charge < -0.3 is 14.2 Å². The molecule has 0 amide bonds. The van der Waals surface area contributed by atoms with Crippen LogP contribution < -0.4 is 14.2 Å². The molecule has 0 aliphatic carbocycles. The van der Waals surface area contributed by atoms with Gasteiger partial charge in [-0.1, -0.05) is 18.2 Å². The average Bonchev–Trinajstić information content (AvgIpc) is 2.45. The summed E-state index contributed by atoms with van der Waals surface area (Å²) in [6, 6.07) is 11.7. The third-order valence-corrected chi connectivity index (χ3v) is 3.62. The molecule has 112 valence electrons. The maximum Gasteiger partial charge on any atom is 0.161 e. The van der Waals surface area contributed by atoms with Gasteiger partial charge in [0.2, 0.25) is 0 Å². The Balaban J connectivity index is 1.91. The highest BCUT2D eigenvalue weighted by Gasteiger charge is 2.07. The summed E-state index contributed by atoms with van der Waals surface area (Å²) in [6.45, 7) is 5.03. The van der Waals surface area contributed by atoms with Crippen LogP contribution in [0.2, 0.25) is 0 Å². The highest BCUT2D eigenvalue weighted by atomic mass is 79.9. The first-order valence-corrected chi connectivity index (χ1v) is 7.56. The zero-order chi connectivity index (χ0) is 15.2. The number of para-hydroxylation sites is 2. The van der Waals surface area contributed by atoms with Gasteiger partial charge in [-0.2, -0.15) is 0 Å². The van der Waals surface area contributed by atoms with Gasteiger partial charge in [-0.25, -0.2) is 0 Å². The summed E-state index contributed by atoms with van der Waals surface area (Å²) in [6.07, 6.45) is 0. The van der Waals surface area contributed by atoms with Crippen molar-refractivity contribution < 1.29 is 14.2 Å². The molecule has 2 rings (SSSR count). The highest BCUT2D eigenvalue weighted by molar-refractivity contribution is 9.10. The van der Waals surface area contributed by atoms with Crippen LogP contribution in [-0.2, 0) is 0 Å². The predicted molar refractivity (Wildman–Crippen MR) is 87.6 cm³/mol. The van der Waals surface area contributed by atoms with Crippen molar-refractivity contribution in [1.29, 1.82) is 0 Å². The second-order valence-corrected chi connectivity index (χ2v) is 5.59. The lowest BCUT2D eigenvalue weighted by Crippen LogP contribution is -2.10. The summed E-state index contributed by atoms with van der Waals surface area (Å²) in [5.74, 6) is 2.32. The fourth-order valence-corrected chi connectivity index (χ4v) is 2.91. The summed E-state index contributed by atoms with van der Waals surface area (Å²) in [4.78, 5) is 0. The molecule has 0 spiro atoms. The zero-order valence-corrected chi connectivity index (χ0v) is 14.1. The van der Waals surface area contributed by atoms with Crippen molar-refractivity contribution in [3.05, 3.63) is 52.0 Å². The van der Waals surface area contributed by atoms with E-state index in [9.17, 15) is 0 Å². The van der Waals surface area contributed by atoms with Crippen LogP contribution in [0.1, 0.15) is 11.1 Å². The third kappa shape index (κ3) is 4.14. The van der Waals surface area contributed by atoms with Crippen LogP contribution in [0.4, 0.5) is 0 Å². The van der Waals surface area contributed by atoms with Gasteiger partial charge in [-0.3, -0.25) is 0 Å². The molecule has 2 aromatic carbocycles. The number of methoxy groups -OCH3 is 1. The van der Waals surface area contributed by atoms with E-state index in [0.717, 1.165) is 27.3 Å². The smallest absolute Gasteiger partial charge is 0.161 e. The van der Waals surface area contributed by atoms with Crippen LogP contribution in [0.25, 0.3) is 0 Å². The monoisotopic (exact) mass is 350 g/mol. The lowest BCUT2D eigenvalue weighted by molar-refractivity contribution is 0.210. The Bertz CT molecular complexity index is 588. The molecular formula is C17H19BrO3. The molecule has 21 heavy (non-hydrogen) atoms. The van der Waals surface area contributed by atoms with Gasteiger partial charge in [0.15, 0.2) is 11.5 Å². The van der Waals surface area contributed by atoms with Crippen molar-refractivity contribution in [3.8, 4) is 17.2 Å². The van der Waals surface area contributed by atoms with Gasteiger partial charge in [0.25, 0.3) is 0 Å². The van der Waals surface area contributed by atoms with Crippen molar-refractivity contribution in [1.82, 2.24) is 0 Å². The van der Waals surface area contributed by atoms with Crippen LogP contribution in [0.5, 0.6) is 17.2 Å². The van der Waals surface area contributed by atoms with Crippen LogP contribution in [0.15, 0.2) is 40.9 Å². The third-order valence-electron chi connectivity index (χ3n) is 3.03. The topological polar surface area (TPSA) is 27.7 Å². The molecule has 0 heterocycles. The molecule has 2 aromatic rings. The molecule has 4 heteroatoms. The van der Waals surface area contributed by atoms with Crippen LogP contribution >= 0.6 is 15.9 Å².